The van der Waals surface area contributed by atoms with Crippen LogP contribution in [0.4, 0.5) is 11.6 Å². The molecule has 1 aromatic rings. The monoisotopic (exact) mass is 289 g/mol. The molecule has 3 N–H and O–H groups in total. The lowest BCUT2D eigenvalue weighted by Gasteiger charge is -2.28. The van der Waals surface area contributed by atoms with Gasteiger partial charge < -0.3 is 10.3 Å². The molecule has 5 heteroatoms. The molecule has 1 aliphatic carbocycles. The summed E-state index contributed by atoms with van der Waals surface area (Å²) in [5.41, 5.74) is 4.16. The van der Waals surface area contributed by atoms with Gasteiger partial charge in [0.1, 0.15) is 17.5 Å². The molecular formula is C16H27N5. The Kier molecular flexibility index (Phi) is 3.56. The zero-order chi connectivity index (χ0) is 15.2. The summed E-state index contributed by atoms with van der Waals surface area (Å²) in [5, 5.41) is 0. The van der Waals surface area contributed by atoms with E-state index in [1.165, 1.54) is 19.3 Å². The average Bonchev–Trinajstić information content (AvgIpc) is 3.14. The number of nitrogen functional groups attached to an aromatic ring is 1. The van der Waals surface area contributed by atoms with Crippen LogP contribution in [0.25, 0.3) is 0 Å². The Morgan fingerprint density at radius 3 is 2.43 bits per heavy atom. The zero-order valence-electron chi connectivity index (χ0n) is 13.6. The minimum atomic E-state index is 0.351. The van der Waals surface area contributed by atoms with Gasteiger partial charge in [-0.1, -0.05) is 20.8 Å². The number of hydrogen-bond donors (Lipinski definition) is 2. The number of nitrogens with one attached hydrogen (secondary N) is 1. The van der Waals surface area contributed by atoms with Crippen molar-refractivity contribution in [2.24, 2.45) is 17.2 Å². The second kappa shape index (κ2) is 5.13. The van der Waals surface area contributed by atoms with Gasteiger partial charge in [-0.05, 0) is 37.5 Å². The Balaban J connectivity index is 1.89. The maximum atomic E-state index is 5.65. The van der Waals surface area contributed by atoms with Gasteiger partial charge >= 0.3 is 0 Å². The summed E-state index contributed by atoms with van der Waals surface area (Å²) in [6, 6.07) is 0. The standard InChI is InChI=1S/C16H27N5/c1-10-13(20-17)18-14(11-5-6-11)19-15(10)21-8-7-12(9-21)16(2,3)4/h11-12H,5-9,17H2,1-4H3,(H,18,19,20). The molecule has 1 aromatic heterocycles. The first-order chi connectivity index (χ1) is 9.90. The fraction of sp³-hybridized carbons (Fsp3) is 0.750. The molecule has 2 heterocycles. The van der Waals surface area contributed by atoms with E-state index in [1.807, 2.05) is 0 Å². The molecule has 116 valence electrons. The number of hydrogen-bond acceptors (Lipinski definition) is 5. The van der Waals surface area contributed by atoms with Crippen molar-refractivity contribution in [3.05, 3.63) is 11.4 Å². The molecular weight excluding hydrogens is 262 g/mol. The first-order valence-electron chi connectivity index (χ1n) is 8.00. The molecule has 5 nitrogen and oxygen atoms in total. The van der Waals surface area contributed by atoms with Crippen LogP contribution in [0.15, 0.2) is 0 Å². The molecule has 2 fully saturated rings. The Hall–Kier alpha value is -1.36. The molecule has 0 spiro atoms. The van der Waals surface area contributed by atoms with Crippen molar-refractivity contribution < 1.29 is 0 Å². The van der Waals surface area contributed by atoms with Crippen LogP contribution in [0.5, 0.6) is 0 Å². The molecule has 1 aliphatic heterocycles. The van der Waals surface area contributed by atoms with E-state index in [1.54, 1.807) is 0 Å². The zero-order valence-corrected chi connectivity index (χ0v) is 13.6. The van der Waals surface area contributed by atoms with Gasteiger partial charge in [-0.3, -0.25) is 0 Å². The first-order valence-corrected chi connectivity index (χ1v) is 8.00. The van der Waals surface area contributed by atoms with Gasteiger partial charge in [0.2, 0.25) is 0 Å². The van der Waals surface area contributed by atoms with E-state index in [4.69, 9.17) is 10.8 Å². The number of nitrogens with zero attached hydrogens (tertiary/aromatic N) is 3. The van der Waals surface area contributed by atoms with Crippen LogP contribution in [-0.2, 0) is 0 Å². The van der Waals surface area contributed by atoms with Gasteiger partial charge in [0.15, 0.2) is 0 Å². The van der Waals surface area contributed by atoms with Crippen LogP contribution in [0.3, 0.4) is 0 Å². The van der Waals surface area contributed by atoms with Crippen LogP contribution in [0, 0.1) is 18.3 Å². The Morgan fingerprint density at radius 2 is 1.90 bits per heavy atom. The van der Waals surface area contributed by atoms with Crippen molar-refractivity contribution in [1.29, 1.82) is 0 Å². The molecule has 2 aliphatic rings. The third kappa shape index (κ3) is 2.84. The molecule has 21 heavy (non-hydrogen) atoms. The topological polar surface area (TPSA) is 67.1 Å². The van der Waals surface area contributed by atoms with E-state index in [9.17, 15) is 0 Å². The van der Waals surface area contributed by atoms with Crippen LogP contribution >= 0.6 is 0 Å². The van der Waals surface area contributed by atoms with E-state index >= 15 is 0 Å². The molecule has 3 rings (SSSR count). The minimum Gasteiger partial charge on any atom is -0.356 e. The summed E-state index contributed by atoms with van der Waals surface area (Å²) >= 11 is 0. The minimum absolute atomic E-state index is 0.351. The van der Waals surface area contributed by atoms with E-state index in [2.05, 4.69) is 43.0 Å². The first kappa shape index (κ1) is 14.6. The smallest absolute Gasteiger partial charge is 0.148 e. The van der Waals surface area contributed by atoms with Crippen molar-refractivity contribution in [3.8, 4) is 0 Å². The molecule has 1 saturated carbocycles. The van der Waals surface area contributed by atoms with Gasteiger partial charge in [0.05, 0.1) is 0 Å². The van der Waals surface area contributed by atoms with Crippen LogP contribution in [0.1, 0.15) is 57.3 Å². The van der Waals surface area contributed by atoms with E-state index in [-0.39, 0.29) is 0 Å². The second-order valence-corrected chi connectivity index (χ2v) is 7.60. The molecule has 0 bridgehead atoms. The van der Waals surface area contributed by atoms with E-state index in [0.29, 0.717) is 17.3 Å². The molecule has 0 radical (unpaired) electrons. The molecule has 1 unspecified atom stereocenters. The van der Waals surface area contributed by atoms with Gasteiger partial charge in [-0.15, -0.1) is 0 Å². The summed E-state index contributed by atoms with van der Waals surface area (Å²) < 4.78 is 0. The maximum Gasteiger partial charge on any atom is 0.148 e. The van der Waals surface area contributed by atoms with Crippen molar-refractivity contribution in [2.45, 2.75) is 52.9 Å². The number of rotatable bonds is 3. The maximum absolute atomic E-state index is 5.65. The number of aromatic nitrogens is 2. The largest absolute Gasteiger partial charge is 0.356 e. The molecule has 1 atom stereocenters. The summed E-state index contributed by atoms with van der Waals surface area (Å²) in [4.78, 5) is 11.9. The van der Waals surface area contributed by atoms with Gasteiger partial charge in [0, 0.05) is 24.6 Å². The highest BCUT2D eigenvalue weighted by Gasteiger charge is 2.34. The molecule has 1 saturated heterocycles. The van der Waals surface area contributed by atoms with Crippen molar-refractivity contribution in [3.63, 3.8) is 0 Å². The summed E-state index contributed by atoms with van der Waals surface area (Å²) in [7, 11) is 0. The fourth-order valence-corrected chi connectivity index (χ4v) is 3.15. The highest BCUT2D eigenvalue weighted by atomic mass is 15.3. The van der Waals surface area contributed by atoms with E-state index in [0.717, 1.165) is 36.1 Å². The normalized spacial score (nSPS) is 22.7. The number of hydrazine groups is 1. The lowest BCUT2D eigenvalue weighted by Crippen LogP contribution is -2.27. The fourth-order valence-electron chi connectivity index (χ4n) is 3.15. The predicted octanol–water partition coefficient (Wildman–Crippen LogP) is 2.82. The molecule has 0 amide bonds. The lowest BCUT2D eigenvalue weighted by molar-refractivity contribution is 0.263. The van der Waals surface area contributed by atoms with Gasteiger partial charge in [0.25, 0.3) is 0 Å². The lowest BCUT2D eigenvalue weighted by atomic mass is 9.80. The van der Waals surface area contributed by atoms with E-state index < -0.39 is 0 Å². The van der Waals surface area contributed by atoms with Crippen molar-refractivity contribution in [1.82, 2.24) is 9.97 Å². The Labute approximate surface area is 127 Å². The summed E-state index contributed by atoms with van der Waals surface area (Å²) in [6.07, 6.45) is 3.64. The predicted molar refractivity (Wildman–Crippen MR) is 86.3 cm³/mol. The quantitative estimate of drug-likeness (QED) is 0.661. The highest BCUT2D eigenvalue weighted by molar-refractivity contribution is 5.59. The molecule has 0 aromatic carbocycles. The van der Waals surface area contributed by atoms with Crippen molar-refractivity contribution >= 4 is 11.6 Å². The van der Waals surface area contributed by atoms with Gasteiger partial charge in [-0.25, -0.2) is 15.8 Å². The number of anilines is 2. The number of nitrogens with two attached hydrogens (primary N) is 1. The van der Waals surface area contributed by atoms with Crippen LogP contribution in [-0.4, -0.2) is 23.1 Å². The van der Waals surface area contributed by atoms with Crippen LogP contribution < -0.4 is 16.2 Å². The third-order valence-corrected chi connectivity index (χ3v) is 4.93. The third-order valence-electron chi connectivity index (χ3n) is 4.93. The van der Waals surface area contributed by atoms with Crippen molar-refractivity contribution in [2.75, 3.05) is 23.4 Å². The average molecular weight is 289 g/mol. The van der Waals surface area contributed by atoms with Gasteiger partial charge in [-0.2, -0.15) is 0 Å². The Bertz CT molecular complexity index is 530. The SMILES string of the molecule is Cc1c(NN)nc(C2CC2)nc1N1CCC(C(C)(C)C)C1. The highest BCUT2D eigenvalue weighted by Crippen LogP contribution is 2.41. The summed E-state index contributed by atoms with van der Waals surface area (Å²) in [5.74, 6) is 9.71. The Morgan fingerprint density at radius 1 is 1.19 bits per heavy atom. The second-order valence-electron chi connectivity index (χ2n) is 7.60. The van der Waals surface area contributed by atoms with Crippen LogP contribution in [0.2, 0.25) is 0 Å². The summed E-state index contributed by atoms with van der Waals surface area (Å²) in [6.45, 7) is 11.2.